The van der Waals surface area contributed by atoms with Crippen molar-refractivity contribution in [3.63, 3.8) is 0 Å². The van der Waals surface area contributed by atoms with E-state index in [1.165, 1.54) is 25.7 Å². The number of aliphatic carboxylic acids is 1. The molecule has 1 fully saturated rings. The molecule has 1 saturated heterocycles. The number of nitrogens with one attached hydrogen (secondary N) is 3. The summed E-state index contributed by atoms with van der Waals surface area (Å²) in [5.74, 6) is 0.116. The number of ether oxygens (including phenoxy) is 1. The third-order valence-corrected chi connectivity index (χ3v) is 6.48. The summed E-state index contributed by atoms with van der Waals surface area (Å²) < 4.78 is 5.85. The van der Waals surface area contributed by atoms with Gasteiger partial charge in [0.2, 0.25) is 0 Å². The topological polar surface area (TPSA) is 103 Å². The summed E-state index contributed by atoms with van der Waals surface area (Å²) in [6, 6.07) is 15.7. The predicted molar refractivity (Wildman–Crippen MR) is 132 cm³/mol. The maximum absolute atomic E-state index is 12.6. The van der Waals surface area contributed by atoms with Crippen LogP contribution in [0.3, 0.4) is 0 Å². The maximum Gasteiger partial charge on any atom is 0.326 e. The first kappa shape index (κ1) is 23.8. The molecule has 1 aromatic heterocycles. The lowest BCUT2D eigenvalue weighted by molar-refractivity contribution is -0.139. The van der Waals surface area contributed by atoms with Gasteiger partial charge < -0.3 is 25.5 Å². The Hall–Kier alpha value is -3.32. The molecule has 0 radical (unpaired) electrons. The Morgan fingerprint density at radius 1 is 1.06 bits per heavy atom. The van der Waals surface area contributed by atoms with Crippen molar-refractivity contribution in [2.45, 2.75) is 44.6 Å². The number of hydrogen-bond acceptors (Lipinski definition) is 4. The van der Waals surface area contributed by atoms with E-state index in [2.05, 4.69) is 15.6 Å². The predicted octanol–water partition coefficient (Wildman–Crippen LogP) is 4.14. The van der Waals surface area contributed by atoms with Crippen LogP contribution in [0.15, 0.2) is 54.6 Å². The average Bonchev–Trinajstić information content (AvgIpc) is 3.29. The lowest BCUT2D eigenvalue weighted by Crippen LogP contribution is -2.42. The highest BCUT2D eigenvalue weighted by molar-refractivity contribution is 5.99. The lowest BCUT2D eigenvalue weighted by atomic mass is 9.93. The normalized spacial score (nSPS) is 15.2. The molecule has 2 heterocycles. The number of unbranched alkanes of at least 4 members (excludes halogenated alkanes) is 1. The summed E-state index contributed by atoms with van der Waals surface area (Å²) in [6.07, 6.45) is 6.23. The van der Waals surface area contributed by atoms with Crippen molar-refractivity contribution in [3.8, 4) is 5.75 Å². The molecule has 7 nitrogen and oxygen atoms in total. The number of aromatic nitrogens is 1. The zero-order valence-electron chi connectivity index (χ0n) is 19.4. The van der Waals surface area contributed by atoms with E-state index < -0.39 is 17.9 Å². The van der Waals surface area contributed by atoms with Crippen molar-refractivity contribution in [2.75, 3.05) is 19.7 Å². The molecule has 4 rings (SSSR count). The molecule has 0 aliphatic carbocycles. The number of aromatic amines is 1. The number of carbonyl (C=O) groups is 2. The molecule has 1 atom stereocenters. The summed E-state index contributed by atoms with van der Waals surface area (Å²) >= 11 is 0. The SMILES string of the molecule is O=C(NC(Cc1ccc(OCCCCC2CCNCC2)cc1)C(=O)O)c1cc2ccccc2[nH]1. The van der Waals surface area contributed by atoms with E-state index in [-0.39, 0.29) is 6.42 Å². The number of benzene rings is 2. The van der Waals surface area contributed by atoms with Crippen LogP contribution in [0.25, 0.3) is 10.9 Å². The Labute approximate surface area is 199 Å². The van der Waals surface area contributed by atoms with Crippen LogP contribution in [0, 0.1) is 5.92 Å². The quantitative estimate of drug-likeness (QED) is 0.320. The molecular formula is C27H33N3O4. The Kier molecular flexibility index (Phi) is 8.20. The van der Waals surface area contributed by atoms with Gasteiger partial charge in [-0.05, 0) is 74.5 Å². The molecular weight excluding hydrogens is 430 g/mol. The van der Waals surface area contributed by atoms with Gasteiger partial charge in [0.1, 0.15) is 17.5 Å². The molecule has 0 saturated carbocycles. The van der Waals surface area contributed by atoms with Crippen LogP contribution in [-0.2, 0) is 11.2 Å². The van der Waals surface area contributed by atoms with Gasteiger partial charge in [-0.1, -0.05) is 36.8 Å². The van der Waals surface area contributed by atoms with Gasteiger partial charge in [-0.15, -0.1) is 0 Å². The highest BCUT2D eigenvalue weighted by Crippen LogP contribution is 2.20. The number of para-hydroxylation sites is 1. The van der Waals surface area contributed by atoms with Gasteiger partial charge in [-0.25, -0.2) is 4.79 Å². The van der Waals surface area contributed by atoms with Gasteiger partial charge in [0, 0.05) is 17.3 Å². The van der Waals surface area contributed by atoms with Gasteiger partial charge in [0.25, 0.3) is 5.91 Å². The standard InChI is InChI=1S/C27H33N3O4/c31-26(24-18-21-6-1-2-7-23(21)29-24)30-25(27(32)33)17-20-8-10-22(11-9-20)34-16-4-3-5-19-12-14-28-15-13-19/h1-2,6-11,18-19,25,28-29H,3-5,12-17H2,(H,30,31)(H,32,33). The van der Waals surface area contributed by atoms with Gasteiger partial charge >= 0.3 is 5.97 Å². The molecule has 0 bridgehead atoms. The highest BCUT2D eigenvalue weighted by atomic mass is 16.5. The first-order valence-corrected chi connectivity index (χ1v) is 12.1. The number of piperidine rings is 1. The van der Waals surface area contributed by atoms with Crippen LogP contribution in [0.5, 0.6) is 5.75 Å². The molecule has 1 amide bonds. The monoisotopic (exact) mass is 463 g/mol. The van der Waals surface area contributed by atoms with Crippen molar-refractivity contribution in [1.82, 2.24) is 15.6 Å². The summed E-state index contributed by atoms with van der Waals surface area (Å²) in [5, 5.41) is 16.6. The third kappa shape index (κ3) is 6.60. The maximum atomic E-state index is 12.6. The van der Waals surface area contributed by atoms with Crippen molar-refractivity contribution in [1.29, 1.82) is 0 Å². The summed E-state index contributed by atoms with van der Waals surface area (Å²) in [6.45, 7) is 2.97. The molecule has 3 aromatic rings. The molecule has 1 unspecified atom stereocenters. The number of carboxylic acids is 1. The van der Waals surface area contributed by atoms with Crippen molar-refractivity contribution in [3.05, 3.63) is 65.9 Å². The Balaban J connectivity index is 1.24. The van der Waals surface area contributed by atoms with Crippen LogP contribution in [0.1, 0.15) is 48.2 Å². The first-order valence-electron chi connectivity index (χ1n) is 12.1. The number of carboxylic acid groups (broad SMARTS) is 1. The van der Waals surface area contributed by atoms with Crippen LogP contribution >= 0.6 is 0 Å². The lowest BCUT2D eigenvalue weighted by Gasteiger charge is -2.22. The summed E-state index contributed by atoms with van der Waals surface area (Å²) in [5.41, 5.74) is 2.00. The number of carbonyl (C=O) groups excluding carboxylic acids is 1. The number of rotatable bonds is 11. The van der Waals surface area contributed by atoms with E-state index in [9.17, 15) is 14.7 Å². The second-order valence-electron chi connectivity index (χ2n) is 9.02. The second kappa shape index (κ2) is 11.7. The number of H-pyrrole nitrogens is 1. The van der Waals surface area contributed by atoms with E-state index >= 15 is 0 Å². The zero-order chi connectivity index (χ0) is 23.8. The van der Waals surface area contributed by atoms with E-state index in [4.69, 9.17) is 4.74 Å². The van der Waals surface area contributed by atoms with Crippen molar-refractivity contribution in [2.24, 2.45) is 5.92 Å². The second-order valence-corrected chi connectivity index (χ2v) is 9.02. The zero-order valence-corrected chi connectivity index (χ0v) is 19.4. The molecule has 180 valence electrons. The van der Waals surface area contributed by atoms with Crippen LogP contribution < -0.4 is 15.4 Å². The van der Waals surface area contributed by atoms with Crippen LogP contribution in [-0.4, -0.2) is 47.7 Å². The fraction of sp³-hybridized carbons (Fsp3) is 0.407. The minimum Gasteiger partial charge on any atom is -0.494 e. The van der Waals surface area contributed by atoms with Gasteiger partial charge in [-0.2, -0.15) is 0 Å². The van der Waals surface area contributed by atoms with E-state index in [0.29, 0.717) is 12.3 Å². The van der Waals surface area contributed by atoms with Crippen LogP contribution in [0.2, 0.25) is 0 Å². The number of amides is 1. The number of fused-ring (bicyclic) bond motifs is 1. The smallest absolute Gasteiger partial charge is 0.326 e. The summed E-state index contributed by atoms with van der Waals surface area (Å²) in [7, 11) is 0. The molecule has 4 N–H and O–H groups in total. The molecule has 0 spiro atoms. The average molecular weight is 464 g/mol. The Bertz CT molecular complexity index is 1050. The minimum absolute atomic E-state index is 0.192. The fourth-order valence-corrected chi connectivity index (χ4v) is 4.48. The molecule has 1 aliphatic rings. The molecule has 2 aromatic carbocycles. The number of hydrogen-bond donors (Lipinski definition) is 4. The molecule has 7 heteroatoms. The third-order valence-electron chi connectivity index (χ3n) is 6.48. The Morgan fingerprint density at radius 3 is 2.56 bits per heavy atom. The molecule has 1 aliphatic heterocycles. The largest absolute Gasteiger partial charge is 0.494 e. The molecule has 34 heavy (non-hydrogen) atoms. The van der Waals surface area contributed by atoms with Gasteiger partial charge in [0.15, 0.2) is 0 Å². The van der Waals surface area contributed by atoms with E-state index in [0.717, 1.165) is 47.6 Å². The minimum atomic E-state index is -1.07. The van der Waals surface area contributed by atoms with Crippen LogP contribution in [0.4, 0.5) is 0 Å². The van der Waals surface area contributed by atoms with Crippen molar-refractivity contribution >= 4 is 22.8 Å². The summed E-state index contributed by atoms with van der Waals surface area (Å²) in [4.78, 5) is 27.4. The first-order chi connectivity index (χ1) is 16.6. The van der Waals surface area contributed by atoms with Gasteiger partial charge in [-0.3, -0.25) is 4.79 Å². The van der Waals surface area contributed by atoms with Gasteiger partial charge in [0.05, 0.1) is 6.61 Å². The van der Waals surface area contributed by atoms with E-state index in [1.807, 2.05) is 48.5 Å². The van der Waals surface area contributed by atoms with Crippen molar-refractivity contribution < 1.29 is 19.4 Å². The Morgan fingerprint density at radius 2 is 1.82 bits per heavy atom. The highest BCUT2D eigenvalue weighted by Gasteiger charge is 2.22. The van der Waals surface area contributed by atoms with E-state index in [1.54, 1.807) is 6.07 Å². The fourth-order valence-electron chi connectivity index (χ4n) is 4.48.